The predicted octanol–water partition coefficient (Wildman–Crippen LogP) is 1.25. The third kappa shape index (κ3) is 5.60. The molecule has 160 valence electrons. The maximum absolute atomic E-state index is 12.7. The number of nitrogens with zero attached hydrogens (tertiary/aromatic N) is 4. The summed E-state index contributed by atoms with van der Waals surface area (Å²) in [6, 6.07) is 0.611. The van der Waals surface area contributed by atoms with Gasteiger partial charge in [-0.1, -0.05) is 13.8 Å². The first-order valence-corrected chi connectivity index (χ1v) is 11.1. The number of rotatable bonds is 5. The summed E-state index contributed by atoms with van der Waals surface area (Å²) in [6.45, 7) is 12.6. The van der Waals surface area contributed by atoms with E-state index in [9.17, 15) is 4.79 Å². The van der Waals surface area contributed by atoms with Crippen molar-refractivity contribution < 1.29 is 9.53 Å². The molecule has 3 heterocycles. The molecular formula is C21H39N5O2. The Morgan fingerprint density at radius 1 is 1.07 bits per heavy atom. The second-order valence-electron chi connectivity index (χ2n) is 8.81. The smallest absolute Gasteiger partial charge is 0.225 e. The molecule has 1 amide bonds. The van der Waals surface area contributed by atoms with Crippen LogP contribution in [0.2, 0.25) is 0 Å². The van der Waals surface area contributed by atoms with Crippen LogP contribution >= 0.6 is 0 Å². The third-order valence-corrected chi connectivity index (χ3v) is 6.27. The van der Waals surface area contributed by atoms with E-state index >= 15 is 0 Å². The number of hydrogen-bond acceptors (Lipinski definition) is 4. The average molecular weight is 394 g/mol. The number of carbonyl (C=O) groups excluding carboxylic acids is 1. The van der Waals surface area contributed by atoms with Gasteiger partial charge in [-0.2, -0.15) is 0 Å². The Labute approximate surface area is 170 Å². The summed E-state index contributed by atoms with van der Waals surface area (Å²) in [7, 11) is 1.87. The largest absolute Gasteiger partial charge is 0.378 e. The highest BCUT2D eigenvalue weighted by Gasteiger charge is 2.31. The Morgan fingerprint density at radius 2 is 1.79 bits per heavy atom. The van der Waals surface area contributed by atoms with Gasteiger partial charge in [0.05, 0.1) is 13.2 Å². The molecule has 1 atom stereocenters. The van der Waals surface area contributed by atoms with Crippen molar-refractivity contribution in [1.29, 1.82) is 0 Å². The van der Waals surface area contributed by atoms with Crippen LogP contribution < -0.4 is 5.32 Å². The quantitative estimate of drug-likeness (QED) is 0.563. The highest BCUT2D eigenvalue weighted by atomic mass is 16.5. The number of hydrogen-bond donors (Lipinski definition) is 1. The predicted molar refractivity (Wildman–Crippen MR) is 112 cm³/mol. The maximum Gasteiger partial charge on any atom is 0.225 e. The Kier molecular flexibility index (Phi) is 7.97. The minimum atomic E-state index is 0.156. The molecule has 0 aromatic rings. The Hall–Kier alpha value is -1.34. The van der Waals surface area contributed by atoms with Gasteiger partial charge in [-0.25, -0.2) is 0 Å². The monoisotopic (exact) mass is 393 g/mol. The molecule has 0 aliphatic carbocycles. The molecule has 0 bridgehead atoms. The summed E-state index contributed by atoms with van der Waals surface area (Å²) in [5.74, 6) is 2.18. The van der Waals surface area contributed by atoms with Crippen LogP contribution in [0.4, 0.5) is 0 Å². The molecule has 1 N–H and O–H groups in total. The van der Waals surface area contributed by atoms with E-state index in [4.69, 9.17) is 4.74 Å². The molecule has 3 aliphatic rings. The van der Waals surface area contributed by atoms with Crippen molar-refractivity contribution >= 4 is 11.9 Å². The number of carbonyl (C=O) groups is 1. The van der Waals surface area contributed by atoms with Gasteiger partial charge in [0, 0.05) is 58.3 Å². The van der Waals surface area contributed by atoms with E-state index in [1.165, 1.54) is 25.9 Å². The lowest BCUT2D eigenvalue weighted by molar-refractivity contribution is -0.140. The first kappa shape index (κ1) is 21.4. The van der Waals surface area contributed by atoms with Gasteiger partial charge >= 0.3 is 0 Å². The van der Waals surface area contributed by atoms with Crippen LogP contribution in [0.3, 0.4) is 0 Å². The SMILES string of the molecule is CN=C(NC[C@H]1CCCN1CC(C)C)N1CCC(C(=O)N2CCOCC2)CC1. The van der Waals surface area contributed by atoms with Crippen molar-refractivity contribution in [1.82, 2.24) is 20.0 Å². The van der Waals surface area contributed by atoms with Crippen LogP contribution in [0.25, 0.3) is 0 Å². The summed E-state index contributed by atoms with van der Waals surface area (Å²) in [5.41, 5.74) is 0. The van der Waals surface area contributed by atoms with Gasteiger partial charge in [-0.3, -0.25) is 14.7 Å². The van der Waals surface area contributed by atoms with Crippen molar-refractivity contribution in [3.05, 3.63) is 0 Å². The zero-order valence-corrected chi connectivity index (χ0v) is 18.0. The standard InChI is InChI=1S/C21H39N5O2/c1-17(2)16-26-8-4-5-19(26)15-23-21(22-3)25-9-6-18(7-10-25)20(27)24-11-13-28-14-12-24/h17-19H,4-16H2,1-3H3,(H,22,23)/t19-/m1/s1. The Bertz CT molecular complexity index is 525. The second kappa shape index (κ2) is 10.4. The zero-order chi connectivity index (χ0) is 19.9. The molecule has 0 unspecified atom stereocenters. The highest BCUT2D eigenvalue weighted by molar-refractivity contribution is 5.81. The molecule has 7 heteroatoms. The molecule has 0 radical (unpaired) electrons. The normalized spacial score (nSPS) is 25.6. The summed E-state index contributed by atoms with van der Waals surface area (Å²) in [6.07, 6.45) is 4.40. The van der Waals surface area contributed by atoms with Crippen molar-refractivity contribution in [3.8, 4) is 0 Å². The van der Waals surface area contributed by atoms with E-state index in [1.807, 2.05) is 11.9 Å². The minimum absolute atomic E-state index is 0.156. The first-order chi connectivity index (χ1) is 13.6. The number of guanidine groups is 1. The molecule has 0 saturated carbocycles. The summed E-state index contributed by atoms with van der Waals surface area (Å²) in [5, 5.41) is 3.61. The Morgan fingerprint density at radius 3 is 2.43 bits per heavy atom. The maximum atomic E-state index is 12.7. The molecular weight excluding hydrogens is 354 g/mol. The van der Waals surface area contributed by atoms with Crippen molar-refractivity contribution in [2.75, 3.05) is 66.1 Å². The minimum Gasteiger partial charge on any atom is -0.378 e. The van der Waals surface area contributed by atoms with Crippen LogP contribution in [0, 0.1) is 11.8 Å². The van der Waals surface area contributed by atoms with Crippen LogP contribution in [-0.2, 0) is 9.53 Å². The number of ether oxygens (including phenoxy) is 1. The van der Waals surface area contributed by atoms with Crippen LogP contribution in [-0.4, -0.2) is 98.7 Å². The van der Waals surface area contributed by atoms with E-state index in [0.29, 0.717) is 31.1 Å². The van der Waals surface area contributed by atoms with Gasteiger partial charge in [0.1, 0.15) is 0 Å². The van der Waals surface area contributed by atoms with Gasteiger partial charge in [0.25, 0.3) is 0 Å². The molecule has 3 rings (SSSR count). The lowest BCUT2D eigenvalue weighted by Gasteiger charge is -2.37. The number of piperidine rings is 1. The van der Waals surface area contributed by atoms with Gasteiger partial charge in [0.2, 0.25) is 5.91 Å². The van der Waals surface area contributed by atoms with Crippen LogP contribution in [0.15, 0.2) is 4.99 Å². The van der Waals surface area contributed by atoms with Gasteiger partial charge in [-0.05, 0) is 38.1 Å². The average Bonchev–Trinajstić information content (AvgIpc) is 3.15. The van der Waals surface area contributed by atoms with E-state index < -0.39 is 0 Å². The molecule has 0 spiro atoms. The fourth-order valence-electron chi connectivity index (χ4n) is 4.76. The summed E-state index contributed by atoms with van der Waals surface area (Å²) >= 11 is 0. The summed E-state index contributed by atoms with van der Waals surface area (Å²) in [4.78, 5) is 24.2. The molecule has 7 nitrogen and oxygen atoms in total. The molecule has 0 aromatic carbocycles. The first-order valence-electron chi connectivity index (χ1n) is 11.1. The molecule has 3 aliphatic heterocycles. The second-order valence-corrected chi connectivity index (χ2v) is 8.81. The van der Waals surface area contributed by atoms with Gasteiger partial charge < -0.3 is 19.9 Å². The lowest BCUT2D eigenvalue weighted by atomic mass is 9.95. The Balaban J connectivity index is 1.44. The lowest BCUT2D eigenvalue weighted by Crippen LogP contribution is -2.51. The van der Waals surface area contributed by atoms with Crippen molar-refractivity contribution in [3.63, 3.8) is 0 Å². The third-order valence-electron chi connectivity index (χ3n) is 6.27. The molecule has 28 heavy (non-hydrogen) atoms. The number of nitrogens with one attached hydrogen (secondary N) is 1. The van der Waals surface area contributed by atoms with Crippen LogP contribution in [0.5, 0.6) is 0 Å². The fraction of sp³-hybridized carbons (Fsp3) is 0.905. The molecule has 3 fully saturated rings. The summed E-state index contributed by atoms with van der Waals surface area (Å²) < 4.78 is 5.37. The number of morpholine rings is 1. The highest BCUT2D eigenvalue weighted by Crippen LogP contribution is 2.21. The van der Waals surface area contributed by atoms with E-state index in [2.05, 4.69) is 34.0 Å². The topological polar surface area (TPSA) is 60.4 Å². The number of amides is 1. The van der Waals surface area contributed by atoms with E-state index in [0.717, 1.165) is 51.5 Å². The number of likely N-dealkylation sites (tertiary alicyclic amines) is 2. The van der Waals surface area contributed by atoms with Crippen molar-refractivity contribution in [2.24, 2.45) is 16.8 Å². The molecule has 3 saturated heterocycles. The zero-order valence-electron chi connectivity index (χ0n) is 18.0. The van der Waals surface area contributed by atoms with Crippen LogP contribution in [0.1, 0.15) is 39.5 Å². The fourth-order valence-corrected chi connectivity index (χ4v) is 4.76. The van der Waals surface area contributed by atoms with E-state index in [1.54, 1.807) is 0 Å². The van der Waals surface area contributed by atoms with Gasteiger partial charge in [-0.15, -0.1) is 0 Å². The number of aliphatic imine (C=N–C) groups is 1. The molecule has 0 aromatic heterocycles. The van der Waals surface area contributed by atoms with E-state index in [-0.39, 0.29) is 5.92 Å². The van der Waals surface area contributed by atoms with Crippen molar-refractivity contribution in [2.45, 2.75) is 45.6 Å². The van der Waals surface area contributed by atoms with Gasteiger partial charge in [0.15, 0.2) is 5.96 Å².